The molecule has 3 nitrogen and oxygen atoms in total. The Morgan fingerprint density at radius 3 is 3.07 bits per heavy atom. The van der Waals surface area contributed by atoms with Gasteiger partial charge < -0.3 is 10.2 Å². The third-order valence-electron chi connectivity index (χ3n) is 2.19. The van der Waals surface area contributed by atoms with Gasteiger partial charge in [0.25, 0.3) is 5.91 Å². The zero-order valence-electron chi connectivity index (χ0n) is 7.66. The fourth-order valence-electron chi connectivity index (χ4n) is 1.48. The van der Waals surface area contributed by atoms with Crippen LogP contribution in [0.1, 0.15) is 10.4 Å². The van der Waals surface area contributed by atoms with E-state index in [-0.39, 0.29) is 5.91 Å². The molecular weight excluding hydrogens is 176 g/mol. The Labute approximate surface area is 82.7 Å². The molecule has 0 unspecified atom stereocenters. The van der Waals surface area contributed by atoms with Crippen LogP contribution in [-0.2, 0) is 0 Å². The number of carbonyl (C=O) groups is 1. The first-order chi connectivity index (χ1) is 6.83. The third-order valence-corrected chi connectivity index (χ3v) is 2.19. The molecule has 1 heterocycles. The van der Waals surface area contributed by atoms with Gasteiger partial charge in [0.2, 0.25) is 0 Å². The van der Waals surface area contributed by atoms with E-state index in [1.807, 2.05) is 18.2 Å². The lowest BCUT2D eigenvalue weighted by atomic mass is 10.1. The Hall–Kier alpha value is -1.95. The number of fused-ring (bicyclic) bond motifs is 1. The predicted octanol–water partition coefficient (Wildman–Crippen LogP) is 1.15. The van der Waals surface area contributed by atoms with E-state index < -0.39 is 0 Å². The SMILES string of the molecule is C#CCN1CNc2ccccc2C1=O. The molecule has 1 aromatic rings. The molecule has 3 heteroatoms. The summed E-state index contributed by atoms with van der Waals surface area (Å²) in [5, 5.41) is 3.14. The van der Waals surface area contributed by atoms with E-state index in [4.69, 9.17) is 6.42 Å². The number of rotatable bonds is 1. The average molecular weight is 186 g/mol. The highest BCUT2D eigenvalue weighted by atomic mass is 16.2. The predicted molar refractivity (Wildman–Crippen MR) is 54.8 cm³/mol. The van der Waals surface area contributed by atoms with Crippen molar-refractivity contribution >= 4 is 11.6 Å². The van der Waals surface area contributed by atoms with E-state index in [0.29, 0.717) is 18.8 Å². The number of nitrogens with zero attached hydrogens (tertiary/aromatic N) is 1. The number of terminal acetylenes is 1. The summed E-state index contributed by atoms with van der Waals surface area (Å²) in [6, 6.07) is 7.43. The monoisotopic (exact) mass is 186 g/mol. The van der Waals surface area contributed by atoms with E-state index in [1.165, 1.54) is 0 Å². The van der Waals surface area contributed by atoms with Gasteiger partial charge in [-0.2, -0.15) is 0 Å². The van der Waals surface area contributed by atoms with Crippen LogP contribution in [0.25, 0.3) is 0 Å². The molecule has 0 aromatic heterocycles. The topological polar surface area (TPSA) is 32.3 Å². The van der Waals surface area contributed by atoms with Crippen LogP contribution in [-0.4, -0.2) is 24.0 Å². The molecule has 1 aliphatic rings. The quantitative estimate of drug-likeness (QED) is 0.667. The molecule has 0 saturated heterocycles. The Balaban J connectivity index is 2.33. The van der Waals surface area contributed by atoms with Crippen LogP contribution in [0.4, 0.5) is 5.69 Å². The van der Waals surface area contributed by atoms with E-state index in [0.717, 1.165) is 5.69 Å². The summed E-state index contributed by atoms with van der Waals surface area (Å²) >= 11 is 0. The molecule has 0 fully saturated rings. The number of amides is 1. The van der Waals surface area contributed by atoms with Gasteiger partial charge in [-0.05, 0) is 12.1 Å². The van der Waals surface area contributed by atoms with Crippen LogP contribution < -0.4 is 5.32 Å². The smallest absolute Gasteiger partial charge is 0.258 e. The lowest BCUT2D eigenvalue weighted by molar-refractivity contribution is 0.0779. The Kier molecular flexibility index (Phi) is 2.11. The van der Waals surface area contributed by atoms with E-state index in [1.54, 1.807) is 11.0 Å². The molecule has 0 aliphatic carbocycles. The zero-order chi connectivity index (χ0) is 9.97. The summed E-state index contributed by atoms with van der Waals surface area (Å²) < 4.78 is 0. The minimum Gasteiger partial charge on any atom is -0.367 e. The van der Waals surface area contributed by atoms with Gasteiger partial charge in [-0.3, -0.25) is 4.79 Å². The van der Waals surface area contributed by atoms with E-state index >= 15 is 0 Å². The number of hydrogen-bond donors (Lipinski definition) is 1. The molecule has 0 radical (unpaired) electrons. The van der Waals surface area contributed by atoms with Gasteiger partial charge in [-0.15, -0.1) is 6.42 Å². The Bertz CT molecular complexity index is 406. The number of hydrogen-bond acceptors (Lipinski definition) is 2. The Morgan fingerprint density at radius 2 is 2.29 bits per heavy atom. The summed E-state index contributed by atoms with van der Waals surface area (Å²) in [6.07, 6.45) is 5.17. The van der Waals surface area contributed by atoms with Gasteiger partial charge >= 0.3 is 0 Å². The van der Waals surface area contributed by atoms with Gasteiger partial charge in [0.15, 0.2) is 0 Å². The maximum atomic E-state index is 11.8. The molecule has 1 aromatic carbocycles. The summed E-state index contributed by atoms with van der Waals surface area (Å²) in [6.45, 7) is 0.834. The second-order valence-corrected chi connectivity index (χ2v) is 3.09. The van der Waals surface area contributed by atoms with E-state index in [9.17, 15) is 4.79 Å². The second-order valence-electron chi connectivity index (χ2n) is 3.09. The van der Waals surface area contributed by atoms with Crippen molar-refractivity contribution in [3.05, 3.63) is 29.8 Å². The highest BCUT2D eigenvalue weighted by molar-refractivity contribution is 6.01. The number of para-hydroxylation sites is 1. The van der Waals surface area contributed by atoms with Crippen LogP contribution in [0.5, 0.6) is 0 Å². The average Bonchev–Trinajstić information content (AvgIpc) is 2.23. The molecule has 0 spiro atoms. The maximum Gasteiger partial charge on any atom is 0.258 e. The van der Waals surface area contributed by atoms with Crippen molar-refractivity contribution in [3.8, 4) is 12.3 Å². The molecule has 2 rings (SSSR count). The van der Waals surface area contributed by atoms with Gasteiger partial charge in [0.05, 0.1) is 18.8 Å². The van der Waals surface area contributed by atoms with Crippen molar-refractivity contribution in [1.29, 1.82) is 0 Å². The summed E-state index contributed by atoms with van der Waals surface area (Å²) in [7, 11) is 0. The minimum absolute atomic E-state index is 0.00250. The van der Waals surface area contributed by atoms with E-state index in [2.05, 4.69) is 11.2 Å². The van der Waals surface area contributed by atoms with Crippen molar-refractivity contribution in [2.45, 2.75) is 0 Å². The number of carbonyl (C=O) groups excluding carboxylic acids is 1. The first kappa shape index (κ1) is 8.64. The van der Waals surface area contributed by atoms with Crippen LogP contribution >= 0.6 is 0 Å². The standard InChI is InChI=1S/C11H10N2O/c1-2-7-13-8-12-10-6-4-3-5-9(10)11(13)14/h1,3-6,12H,7-8H2. The largest absolute Gasteiger partial charge is 0.367 e. The molecule has 1 aliphatic heterocycles. The van der Waals surface area contributed by atoms with Gasteiger partial charge in [-0.25, -0.2) is 0 Å². The fourth-order valence-corrected chi connectivity index (χ4v) is 1.48. The number of benzene rings is 1. The van der Waals surface area contributed by atoms with Crippen molar-refractivity contribution in [2.24, 2.45) is 0 Å². The normalized spacial score (nSPS) is 14.2. The summed E-state index contributed by atoms with van der Waals surface area (Å²) in [5.41, 5.74) is 1.57. The second kappa shape index (κ2) is 3.43. The summed E-state index contributed by atoms with van der Waals surface area (Å²) in [5.74, 6) is 2.46. The van der Waals surface area contributed by atoms with Crippen LogP contribution in [0.2, 0.25) is 0 Å². The first-order valence-electron chi connectivity index (χ1n) is 4.38. The first-order valence-corrected chi connectivity index (χ1v) is 4.38. The molecule has 0 saturated carbocycles. The number of anilines is 1. The molecule has 0 atom stereocenters. The van der Waals surface area contributed by atoms with Crippen LogP contribution in [0.15, 0.2) is 24.3 Å². The molecular formula is C11H10N2O. The minimum atomic E-state index is -0.00250. The molecule has 14 heavy (non-hydrogen) atoms. The van der Waals surface area contributed by atoms with Crippen LogP contribution in [0, 0.1) is 12.3 Å². The molecule has 1 N–H and O–H groups in total. The van der Waals surface area contributed by atoms with Crippen molar-refractivity contribution in [1.82, 2.24) is 4.90 Å². The lowest BCUT2D eigenvalue weighted by Crippen LogP contribution is -2.40. The van der Waals surface area contributed by atoms with Crippen molar-refractivity contribution in [2.75, 3.05) is 18.5 Å². The highest BCUT2D eigenvalue weighted by Crippen LogP contribution is 2.20. The van der Waals surface area contributed by atoms with Crippen LogP contribution in [0.3, 0.4) is 0 Å². The van der Waals surface area contributed by atoms with Crippen molar-refractivity contribution in [3.63, 3.8) is 0 Å². The maximum absolute atomic E-state index is 11.8. The Morgan fingerprint density at radius 1 is 1.50 bits per heavy atom. The van der Waals surface area contributed by atoms with Gasteiger partial charge in [-0.1, -0.05) is 18.1 Å². The molecule has 70 valence electrons. The third kappa shape index (κ3) is 1.31. The fraction of sp³-hybridized carbons (Fsp3) is 0.182. The summed E-state index contributed by atoms with van der Waals surface area (Å²) in [4.78, 5) is 13.4. The van der Waals surface area contributed by atoms with Gasteiger partial charge in [0, 0.05) is 5.69 Å². The van der Waals surface area contributed by atoms with Gasteiger partial charge in [0.1, 0.15) is 0 Å². The lowest BCUT2D eigenvalue weighted by Gasteiger charge is -2.27. The zero-order valence-corrected chi connectivity index (χ0v) is 7.66. The molecule has 0 bridgehead atoms. The highest BCUT2D eigenvalue weighted by Gasteiger charge is 2.22. The number of nitrogens with one attached hydrogen (secondary N) is 1. The molecule has 1 amide bonds. The van der Waals surface area contributed by atoms with Crippen molar-refractivity contribution < 1.29 is 4.79 Å².